The zero-order chi connectivity index (χ0) is 13.5. The SMILES string of the molecule is N[C@H](Cc1ccccc1)C(=O)NNc1ccccn1. The van der Waals surface area contributed by atoms with Crippen LogP contribution in [0.4, 0.5) is 5.82 Å². The number of hydrogen-bond acceptors (Lipinski definition) is 4. The summed E-state index contributed by atoms with van der Waals surface area (Å²) < 4.78 is 0. The first-order valence-corrected chi connectivity index (χ1v) is 6.02. The Labute approximate surface area is 111 Å². The van der Waals surface area contributed by atoms with Gasteiger partial charge in [0.25, 0.3) is 5.91 Å². The number of aromatic nitrogens is 1. The van der Waals surface area contributed by atoms with Crippen LogP contribution in [0.15, 0.2) is 54.7 Å². The Hall–Kier alpha value is -2.40. The largest absolute Gasteiger partial charge is 0.320 e. The van der Waals surface area contributed by atoms with Crippen LogP contribution in [0.2, 0.25) is 0 Å². The average molecular weight is 256 g/mol. The predicted octanol–water partition coefficient (Wildman–Crippen LogP) is 1.09. The van der Waals surface area contributed by atoms with Gasteiger partial charge in [0.15, 0.2) is 0 Å². The highest BCUT2D eigenvalue weighted by Gasteiger charge is 2.13. The molecule has 0 unspecified atom stereocenters. The number of nitrogens with one attached hydrogen (secondary N) is 2. The number of carbonyl (C=O) groups is 1. The van der Waals surface area contributed by atoms with Gasteiger partial charge in [-0.25, -0.2) is 4.98 Å². The molecule has 98 valence electrons. The van der Waals surface area contributed by atoms with E-state index in [-0.39, 0.29) is 5.91 Å². The molecule has 1 heterocycles. The molecule has 0 radical (unpaired) electrons. The Kier molecular flexibility index (Phi) is 4.47. The van der Waals surface area contributed by atoms with Crippen LogP contribution in [0.3, 0.4) is 0 Å². The van der Waals surface area contributed by atoms with Crippen LogP contribution >= 0.6 is 0 Å². The number of pyridine rings is 1. The monoisotopic (exact) mass is 256 g/mol. The molecule has 2 rings (SSSR count). The van der Waals surface area contributed by atoms with Crippen LogP contribution in [0.1, 0.15) is 5.56 Å². The van der Waals surface area contributed by atoms with Crippen molar-refractivity contribution in [1.29, 1.82) is 0 Å². The third kappa shape index (κ3) is 4.08. The van der Waals surface area contributed by atoms with E-state index < -0.39 is 6.04 Å². The van der Waals surface area contributed by atoms with E-state index in [1.54, 1.807) is 18.3 Å². The van der Waals surface area contributed by atoms with Crippen molar-refractivity contribution < 1.29 is 4.79 Å². The molecule has 0 saturated carbocycles. The standard InChI is InChI=1S/C14H16N4O/c15-12(10-11-6-2-1-3-7-11)14(19)18-17-13-8-4-5-9-16-13/h1-9,12H,10,15H2,(H,16,17)(H,18,19)/t12-/m1/s1. The maximum Gasteiger partial charge on any atom is 0.255 e. The second kappa shape index (κ2) is 6.51. The van der Waals surface area contributed by atoms with Crippen molar-refractivity contribution in [3.63, 3.8) is 0 Å². The van der Waals surface area contributed by atoms with Gasteiger partial charge in [-0.2, -0.15) is 0 Å². The molecule has 0 aliphatic carbocycles. The summed E-state index contributed by atoms with van der Waals surface area (Å²) in [7, 11) is 0. The van der Waals surface area contributed by atoms with Gasteiger partial charge in [0.1, 0.15) is 5.82 Å². The van der Waals surface area contributed by atoms with Crippen LogP contribution in [-0.4, -0.2) is 16.9 Å². The molecule has 4 N–H and O–H groups in total. The highest BCUT2D eigenvalue weighted by molar-refractivity contribution is 5.82. The lowest BCUT2D eigenvalue weighted by molar-refractivity contribution is -0.121. The molecule has 1 aromatic carbocycles. The van der Waals surface area contributed by atoms with Gasteiger partial charge in [-0.1, -0.05) is 36.4 Å². The number of nitrogens with zero attached hydrogens (tertiary/aromatic N) is 1. The highest BCUT2D eigenvalue weighted by atomic mass is 16.2. The summed E-state index contributed by atoms with van der Waals surface area (Å²) in [6.45, 7) is 0. The van der Waals surface area contributed by atoms with E-state index in [9.17, 15) is 4.79 Å². The van der Waals surface area contributed by atoms with Gasteiger partial charge in [-0.15, -0.1) is 0 Å². The maximum atomic E-state index is 11.8. The van der Waals surface area contributed by atoms with Crippen LogP contribution < -0.4 is 16.6 Å². The second-order valence-corrected chi connectivity index (χ2v) is 4.13. The summed E-state index contributed by atoms with van der Waals surface area (Å²) >= 11 is 0. The van der Waals surface area contributed by atoms with Gasteiger partial charge in [-0.05, 0) is 24.1 Å². The number of hydrogen-bond donors (Lipinski definition) is 3. The third-order valence-corrected chi connectivity index (χ3v) is 2.61. The number of anilines is 1. The molecule has 5 heteroatoms. The topological polar surface area (TPSA) is 80.0 Å². The molecule has 1 amide bonds. The lowest BCUT2D eigenvalue weighted by atomic mass is 10.1. The van der Waals surface area contributed by atoms with E-state index >= 15 is 0 Å². The molecular weight excluding hydrogens is 240 g/mol. The Bertz CT molecular complexity index is 515. The van der Waals surface area contributed by atoms with Crippen LogP contribution in [0.5, 0.6) is 0 Å². The third-order valence-electron chi connectivity index (χ3n) is 2.61. The van der Waals surface area contributed by atoms with Gasteiger partial charge < -0.3 is 5.73 Å². The van der Waals surface area contributed by atoms with Crippen molar-refractivity contribution in [1.82, 2.24) is 10.4 Å². The Morgan fingerprint density at radius 2 is 1.89 bits per heavy atom. The summed E-state index contributed by atoms with van der Waals surface area (Å²) in [5, 5.41) is 0. The molecule has 2 aromatic rings. The Morgan fingerprint density at radius 3 is 2.58 bits per heavy atom. The van der Waals surface area contributed by atoms with Crippen LogP contribution in [-0.2, 0) is 11.2 Å². The first kappa shape index (κ1) is 13.0. The van der Waals surface area contributed by atoms with Gasteiger partial charge >= 0.3 is 0 Å². The van der Waals surface area contributed by atoms with Gasteiger partial charge in [0, 0.05) is 6.20 Å². The van der Waals surface area contributed by atoms with E-state index in [1.807, 2.05) is 36.4 Å². The van der Waals surface area contributed by atoms with E-state index in [1.165, 1.54) is 0 Å². The number of nitrogens with two attached hydrogens (primary N) is 1. The zero-order valence-electron chi connectivity index (χ0n) is 10.4. The Balaban J connectivity index is 1.83. The molecule has 1 aromatic heterocycles. The van der Waals surface area contributed by atoms with Gasteiger partial charge in [0.05, 0.1) is 6.04 Å². The Morgan fingerprint density at radius 1 is 1.16 bits per heavy atom. The van der Waals surface area contributed by atoms with Crippen molar-refractivity contribution in [3.05, 3.63) is 60.3 Å². The first-order valence-electron chi connectivity index (χ1n) is 6.02. The van der Waals surface area contributed by atoms with E-state index in [0.29, 0.717) is 12.2 Å². The van der Waals surface area contributed by atoms with Gasteiger partial charge in [0.2, 0.25) is 0 Å². The smallest absolute Gasteiger partial charge is 0.255 e. The number of amides is 1. The summed E-state index contributed by atoms with van der Waals surface area (Å²) in [5.74, 6) is 0.303. The van der Waals surface area contributed by atoms with Crippen molar-refractivity contribution in [2.24, 2.45) is 5.73 Å². The molecule has 1 atom stereocenters. The minimum Gasteiger partial charge on any atom is -0.320 e. The minimum absolute atomic E-state index is 0.269. The highest BCUT2D eigenvalue weighted by Crippen LogP contribution is 2.02. The molecule has 0 fully saturated rings. The summed E-state index contributed by atoms with van der Waals surface area (Å²) in [5.41, 5.74) is 12.1. The van der Waals surface area contributed by atoms with Crippen LogP contribution in [0, 0.1) is 0 Å². The molecule has 0 bridgehead atoms. The van der Waals surface area contributed by atoms with Crippen molar-refractivity contribution >= 4 is 11.7 Å². The number of hydrazine groups is 1. The quantitative estimate of drug-likeness (QED) is 0.700. The molecule has 19 heavy (non-hydrogen) atoms. The normalized spacial score (nSPS) is 11.6. The fraction of sp³-hybridized carbons (Fsp3) is 0.143. The summed E-state index contributed by atoms with van der Waals surface area (Å²) in [6.07, 6.45) is 2.13. The number of carbonyl (C=O) groups excluding carboxylic acids is 1. The second-order valence-electron chi connectivity index (χ2n) is 4.13. The minimum atomic E-state index is -0.599. The van der Waals surface area contributed by atoms with Gasteiger partial charge in [-0.3, -0.25) is 15.6 Å². The first-order chi connectivity index (χ1) is 9.25. The van der Waals surface area contributed by atoms with Crippen molar-refractivity contribution in [3.8, 4) is 0 Å². The summed E-state index contributed by atoms with van der Waals surface area (Å²) in [6, 6.07) is 14.4. The average Bonchev–Trinajstić information content (AvgIpc) is 2.47. The lowest BCUT2D eigenvalue weighted by Crippen LogP contribution is -2.44. The molecular formula is C14H16N4O. The molecule has 0 saturated heterocycles. The molecule has 5 nitrogen and oxygen atoms in total. The number of rotatable bonds is 5. The molecule has 0 aliphatic rings. The number of benzene rings is 1. The molecule has 0 spiro atoms. The fourth-order valence-electron chi connectivity index (χ4n) is 1.62. The fourth-order valence-corrected chi connectivity index (χ4v) is 1.62. The lowest BCUT2D eigenvalue weighted by Gasteiger charge is -2.13. The zero-order valence-corrected chi connectivity index (χ0v) is 10.4. The summed E-state index contributed by atoms with van der Waals surface area (Å²) in [4.78, 5) is 15.8. The van der Waals surface area contributed by atoms with Crippen molar-refractivity contribution in [2.75, 3.05) is 5.43 Å². The molecule has 0 aliphatic heterocycles. The van der Waals surface area contributed by atoms with E-state index in [0.717, 1.165) is 5.56 Å². The van der Waals surface area contributed by atoms with E-state index in [2.05, 4.69) is 15.8 Å². The predicted molar refractivity (Wildman–Crippen MR) is 74.1 cm³/mol. The van der Waals surface area contributed by atoms with Crippen LogP contribution in [0.25, 0.3) is 0 Å². The van der Waals surface area contributed by atoms with E-state index in [4.69, 9.17) is 5.73 Å². The van der Waals surface area contributed by atoms with Crippen molar-refractivity contribution in [2.45, 2.75) is 12.5 Å². The maximum absolute atomic E-state index is 11.8.